The third kappa shape index (κ3) is 8.60. The van der Waals surface area contributed by atoms with Crippen LogP contribution < -0.4 is 33.2 Å². The number of aliphatic imine (C=N–C) groups is 1. The van der Waals surface area contributed by atoms with E-state index in [2.05, 4.69) is 30.9 Å². The fourth-order valence-electron chi connectivity index (χ4n) is 5.07. The predicted molar refractivity (Wildman–Crippen MR) is 171 cm³/mol. The molecular weight excluding hydrogens is 578 g/mol. The monoisotopic (exact) mass is 617 g/mol. The van der Waals surface area contributed by atoms with Gasteiger partial charge in [-0.15, -0.1) is 0 Å². The van der Waals surface area contributed by atoms with E-state index in [1.54, 1.807) is 12.4 Å². The summed E-state index contributed by atoms with van der Waals surface area (Å²) in [6, 6.07) is 10.6. The zero-order chi connectivity index (χ0) is 32.5. The van der Waals surface area contributed by atoms with Crippen LogP contribution in [0.15, 0.2) is 65.9 Å². The summed E-state index contributed by atoms with van der Waals surface area (Å²) < 4.78 is 0. The van der Waals surface area contributed by atoms with E-state index in [0.29, 0.717) is 6.42 Å². The van der Waals surface area contributed by atoms with E-state index in [0.717, 1.165) is 32.9 Å². The number of guanidine groups is 1. The Hall–Kier alpha value is -5.37. The van der Waals surface area contributed by atoms with Gasteiger partial charge in [-0.25, -0.2) is 4.79 Å². The number of benzene rings is 2. The van der Waals surface area contributed by atoms with Gasteiger partial charge in [0.25, 0.3) is 0 Å². The number of H-pyrrole nitrogens is 2. The average Bonchev–Trinajstić information content (AvgIpc) is 3.61. The Kier molecular flexibility index (Phi) is 10.8. The number of aromatic nitrogens is 2. The summed E-state index contributed by atoms with van der Waals surface area (Å²) in [5.74, 6) is -3.24. The zero-order valence-electron chi connectivity index (χ0n) is 24.9. The van der Waals surface area contributed by atoms with E-state index in [1.807, 2.05) is 48.5 Å². The number of carbonyl (C=O) groups is 4. The fraction of sp³-hybridized carbons (Fsp3) is 0.323. The molecule has 238 valence electrons. The lowest BCUT2D eigenvalue weighted by molar-refractivity contribution is -0.142. The molecule has 4 atom stereocenters. The smallest absolute Gasteiger partial charge is 0.326 e. The number of carboxylic acids is 1. The van der Waals surface area contributed by atoms with Crippen molar-refractivity contribution >= 4 is 51.5 Å². The highest BCUT2D eigenvalue weighted by Gasteiger charge is 2.31. The minimum absolute atomic E-state index is 0.0446. The Morgan fingerprint density at radius 3 is 1.71 bits per heavy atom. The Morgan fingerprint density at radius 1 is 0.778 bits per heavy atom. The van der Waals surface area contributed by atoms with Gasteiger partial charge in [-0.3, -0.25) is 19.4 Å². The SMILES string of the molecule is CC(N)C(=O)NC(Cc1c[nH]c2ccccc12)C(=O)NC(Cc1c[nH]c2ccccc12)C(=O)NC(CCCN=C(N)N)C(=O)O. The lowest BCUT2D eigenvalue weighted by atomic mass is 10.0. The molecule has 0 saturated heterocycles. The number of hydrogen-bond donors (Lipinski definition) is 9. The van der Waals surface area contributed by atoms with Crippen molar-refractivity contribution in [2.24, 2.45) is 22.2 Å². The van der Waals surface area contributed by atoms with Gasteiger partial charge >= 0.3 is 5.97 Å². The van der Waals surface area contributed by atoms with Crippen LogP contribution in [0.1, 0.15) is 30.9 Å². The Bertz CT molecular complexity index is 1690. The highest BCUT2D eigenvalue weighted by Crippen LogP contribution is 2.21. The molecule has 0 radical (unpaired) electrons. The van der Waals surface area contributed by atoms with E-state index in [4.69, 9.17) is 17.2 Å². The molecule has 3 amide bonds. The van der Waals surface area contributed by atoms with Crippen LogP contribution in [0.25, 0.3) is 21.8 Å². The first-order valence-electron chi connectivity index (χ1n) is 14.6. The molecule has 4 rings (SSSR count). The van der Waals surface area contributed by atoms with Crippen LogP contribution in [0.2, 0.25) is 0 Å². The van der Waals surface area contributed by atoms with Gasteiger partial charge in [0.2, 0.25) is 17.7 Å². The molecule has 0 fully saturated rings. The number of aliphatic carboxylic acids is 1. The summed E-state index contributed by atoms with van der Waals surface area (Å²) in [7, 11) is 0. The molecule has 2 aromatic heterocycles. The third-order valence-electron chi connectivity index (χ3n) is 7.44. The van der Waals surface area contributed by atoms with Gasteiger partial charge in [0.05, 0.1) is 6.04 Å². The van der Waals surface area contributed by atoms with Crippen LogP contribution >= 0.6 is 0 Å². The van der Waals surface area contributed by atoms with Crippen molar-refractivity contribution in [3.63, 3.8) is 0 Å². The van der Waals surface area contributed by atoms with Gasteiger partial charge in [0.1, 0.15) is 18.1 Å². The van der Waals surface area contributed by atoms with Crippen molar-refractivity contribution in [1.29, 1.82) is 0 Å². The molecule has 12 N–H and O–H groups in total. The highest BCUT2D eigenvalue weighted by molar-refractivity contribution is 5.95. The highest BCUT2D eigenvalue weighted by atomic mass is 16.4. The molecule has 4 aromatic rings. The molecule has 0 saturated carbocycles. The number of nitrogens with two attached hydrogens (primary N) is 3. The first-order valence-corrected chi connectivity index (χ1v) is 14.6. The number of nitrogens with zero attached hydrogens (tertiary/aromatic N) is 1. The topological polar surface area (TPSA) is 247 Å². The van der Waals surface area contributed by atoms with Gasteiger partial charge in [0.15, 0.2) is 5.96 Å². The molecule has 0 aliphatic rings. The van der Waals surface area contributed by atoms with Gasteiger partial charge in [0, 0.05) is 53.6 Å². The van der Waals surface area contributed by atoms with E-state index < -0.39 is 47.9 Å². The molecule has 0 spiro atoms. The van der Waals surface area contributed by atoms with E-state index in [-0.39, 0.29) is 31.8 Å². The first-order chi connectivity index (χ1) is 21.5. The molecule has 14 heteroatoms. The lowest BCUT2D eigenvalue weighted by Crippen LogP contribution is -2.58. The number of carboxylic acid groups (broad SMARTS) is 1. The van der Waals surface area contributed by atoms with Crippen LogP contribution in [-0.2, 0) is 32.0 Å². The van der Waals surface area contributed by atoms with Crippen molar-refractivity contribution in [3.8, 4) is 0 Å². The molecule has 0 aliphatic heterocycles. The van der Waals surface area contributed by atoms with E-state index in [9.17, 15) is 24.3 Å². The molecule has 14 nitrogen and oxygen atoms in total. The number of hydrogen-bond acceptors (Lipinski definition) is 6. The lowest BCUT2D eigenvalue weighted by Gasteiger charge is -2.25. The molecule has 2 aromatic carbocycles. The summed E-state index contributed by atoms with van der Waals surface area (Å²) >= 11 is 0. The second-order valence-corrected chi connectivity index (χ2v) is 10.9. The van der Waals surface area contributed by atoms with Gasteiger partial charge < -0.3 is 48.2 Å². The van der Waals surface area contributed by atoms with Crippen LogP contribution in [-0.4, -0.2) is 75.4 Å². The Morgan fingerprint density at radius 2 is 1.24 bits per heavy atom. The van der Waals surface area contributed by atoms with E-state index >= 15 is 0 Å². The van der Waals surface area contributed by atoms with E-state index in [1.165, 1.54) is 6.92 Å². The number of aromatic amines is 2. The Balaban J connectivity index is 1.60. The van der Waals surface area contributed by atoms with Crippen LogP contribution in [0.3, 0.4) is 0 Å². The van der Waals surface area contributed by atoms with Gasteiger partial charge in [-0.05, 0) is 43.0 Å². The summed E-state index contributed by atoms with van der Waals surface area (Å²) in [6.45, 7) is 1.69. The van der Waals surface area contributed by atoms with Crippen molar-refractivity contribution in [2.45, 2.75) is 56.8 Å². The van der Waals surface area contributed by atoms with Crippen LogP contribution in [0.5, 0.6) is 0 Å². The molecular formula is C31H39N9O5. The minimum atomic E-state index is -1.26. The quantitative estimate of drug-likeness (QED) is 0.0511. The number of amides is 3. The normalized spacial score (nSPS) is 13.8. The van der Waals surface area contributed by atoms with Gasteiger partial charge in [-0.1, -0.05) is 36.4 Å². The number of para-hydroxylation sites is 2. The standard InChI is InChI=1S/C31H39N9O5/c1-17(32)27(41)39-25(13-18-15-36-22-9-4-2-7-20(18)22)29(43)40-26(14-19-16-37-23-10-5-3-8-21(19)23)28(42)38-24(30(44)45)11-6-12-35-31(33)34/h2-5,7-10,15-17,24-26,36-37H,6,11-14,32H2,1H3,(H,38,42)(H,39,41)(H,40,43)(H,44,45)(H4,33,34,35). The third-order valence-corrected chi connectivity index (χ3v) is 7.44. The number of rotatable bonds is 15. The van der Waals surface area contributed by atoms with Crippen molar-refractivity contribution in [2.75, 3.05) is 6.54 Å². The second-order valence-electron chi connectivity index (χ2n) is 10.9. The number of nitrogens with one attached hydrogen (secondary N) is 5. The minimum Gasteiger partial charge on any atom is -0.480 e. The molecule has 0 bridgehead atoms. The predicted octanol–water partition coefficient (Wildman–Crippen LogP) is 0.374. The van der Waals surface area contributed by atoms with Gasteiger partial charge in [-0.2, -0.15) is 0 Å². The summed E-state index contributed by atoms with van der Waals surface area (Å²) in [5.41, 5.74) is 19.7. The molecule has 4 unspecified atom stereocenters. The fourth-order valence-corrected chi connectivity index (χ4v) is 5.07. The maximum atomic E-state index is 13.8. The zero-order valence-corrected chi connectivity index (χ0v) is 24.9. The Labute approximate surface area is 259 Å². The van der Waals surface area contributed by atoms with Crippen molar-refractivity contribution in [1.82, 2.24) is 25.9 Å². The average molecular weight is 618 g/mol. The van der Waals surface area contributed by atoms with Crippen molar-refractivity contribution in [3.05, 3.63) is 72.1 Å². The van der Waals surface area contributed by atoms with Crippen LogP contribution in [0, 0.1) is 0 Å². The largest absolute Gasteiger partial charge is 0.480 e. The summed E-state index contributed by atoms with van der Waals surface area (Å²) in [4.78, 5) is 62.4. The second kappa shape index (κ2) is 14.9. The van der Waals surface area contributed by atoms with Crippen molar-refractivity contribution < 1.29 is 24.3 Å². The maximum absolute atomic E-state index is 13.8. The summed E-state index contributed by atoms with van der Waals surface area (Å²) in [5, 5.41) is 19.6. The first kappa shape index (κ1) is 32.5. The maximum Gasteiger partial charge on any atom is 0.326 e. The molecule has 2 heterocycles. The van der Waals surface area contributed by atoms with Crippen LogP contribution in [0.4, 0.5) is 0 Å². The number of fused-ring (bicyclic) bond motifs is 2. The number of carbonyl (C=O) groups excluding carboxylic acids is 3. The summed E-state index contributed by atoms with van der Waals surface area (Å²) in [6.07, 6.45) is 4.01. The molecule has 45 heavy (non-hydrogen) atoms. The molecule has 0 aliphatic carbocycles.